The van der Waals surface area contributed by atoms with E-state index < -0.39 is 0 Å². The van der Waals surface area contributed by atoms with Crippen LogP contribution in [-0.2, 0) is 4.79 Å². The minimum Gasteiger partial charge on any atom is -0.484 e. The molecule has 0 bridgehead atoms. The molecule has 4 rings (SSSR count). The number of thiazole rings is 1. The minimum atomic E-state index is -0.206. The number of anilines is 1. The summed E-state index contributed by atoms with van der Waals surface area (Å²) in [7, 11) is 0. The maximum absolute atomic E-state index is 12.4. The summed E-state index contributed by atoms with van der Waals surface area (Å²) in [6, 6.07) is 21.5. The third-order valence-corrected chi connectivity index (χ3v) is 4.96. The highest BCUT2D eigenvalue weighted by molar-refractivity contribution is 7.09. The first-order valence-corrected chi connectivity index (χ1v) is 9.50. The second-order valence-electron chi connectivity index (χ2n) is 6.14. The van der Waals surface area contributed by atoms with Gasteiger partial charge in [-0.2, -0.15) is 0 Å². The lowest BCUT2D eigenvalue weighted by molar-refractivity contribution is -0.118. The summed E-state index contributed by atoms with van der Waals surface area (Å²) in [5.74, 6) is 0.467. The van der Waals surface area contributed by atoms with E-state index in [4.69, 9.17) is 4.74 Å². The normalized spacial score (nSPS) is 10.7. The molecule has 4 nitrogen and oxygen atoms in total. The van der Waals surface area contributed by atoms with Crippen molar-refractivity contribution >= 4 is 33.7 Å². The van der Waals surface area contributed by atoms with Crippen LogP contribution in [0.1, 0.15) is 5.01 Å². The Hall–Kier alpha value is -3.18. The molecule has 0 aliphatic heterocycles. The minimum absolute atomic E-state index is 0.0528. The summed E-state index contributed by atoms with van der Waals surface area (Å²) in [5, 5.41) is 8.13. The average Bonchev–Trinajstić information content (AvgIpc) is 3.13. The number of nitrogens with one attached hydrogen (secondary N) is 1. The van der Waals surface area contributed by atoms with E-state index in [0.29, 0.717) is 5.75 Å². The highest BCUT2D eigenvalue weighted by atomic mass is 32.1. The van der Waals surface area contributed by atoms with E-state index in [-0.39, 0.29) is 12.5 Å². The quantitative estimate of drug-likeness (QED) is 0.516. The first-order chi connectivity index (χ1) is 13.2. The Labute approximate surface area is 161 Å². The summed E-state index contributed by atoms with van der Waals surface area (Å²) in [6.07, 6.45) is 0. The van der Waals surface area contributed by atoms with Crippen LogP contribution >= 0.6 is 11.3 Å². The van der Waals surface area contributed by atoms with Crippen molar-refractivity contribution in [2.45, 2.75) is 6.92 Å². The second kappa shape index (κ2) is 7.60. The number of hydrogen-bond acceptors (Lipinski definition) is 4. The van der Waals surface area contributed by atoms with Crippen LogP contribution in [0.3, 0.4) is 0 Å². The molecule has 27 heavy (non-hydrogen) atoms. The molecule has 1 N–H and O–H groups in total. The lowest BCUT2D eigenvalue weighted by Crippen LogP contribution is -2.20. The molecule has 0 radical (unpaired) electrons. The highest BCUT2D eigenvalue weighted by Crippen LogP contribution is 2.28. The monoisotopic (exact) mass is 374 g/mol. The molecule has 0 aliphatic rings. The van der Waals surface area contributed by atoms with Crippen LogP contribution in [0.2, 0.25) is 0 Å². The number of ether oxygens (including phenoxy) is 1. The number of amides is 1. The van der Waals surface area contributed by atoms with Gasteiger partial charge in [-0.3, -0.25) is 4.79 Å². The lowest BCUT2D eigenvalue weighted by atomic mass is 10.1. The number of para-hydroxylation sites is 1. The van der Waals surface area contributed by atoms with E-state index in [2.05, 4.69) is 10.3 Å². The van der Waals surface area contributed by atoms with Crippen LogP contribution in [-0.4, -0.2) is 17.5 Å². The number of hydrogen-bond donors (Lipinski definition) is 1. The fraction of sp³-hybridized carbons (Fsp3) is 0.0909. The molecule has 134 valence electrons. The zero-order valence-corrected chi connectivity index (χ0v) is 15.6. The molecule has 0 aliphatic carbocycles. The molecule has 1 aromatic heterocycles. The summed E-state index contributed by atoms with van der Waals surface area (Å²) < 4.78 is 5.67. The Balaban J connectivity index is 1.45. The van der Waals surface area contributed by atoms with Crippen LogP contribution in [0.5, 0.6) is 5.75 Å². The zero-order chi connectivity index (χ0) is 18.6. The topological polar surface area (TPSA) is 51.2 Å². The molecule has 0 saturated carbocycles. The summed E-state index contributed by atoms with van der Waals surface area (Å²) in [6.45, 7) is 1.91. The Morgan fingerprint density at radius 2 is 1.81 bits per heavy atom. The molecule has 3 aromatic carbocycles. The molecule has 4 aromatic rings. The van der Waals surface area contributed by atoms with Crippen molar-refractivity contribution in [3.63, 3.8) is 0 Å². The first-order valence-electron chi connectivity index (χ1n) is 8.62. The summed E-state index contributed by atoms with van der Waals surface area (Å²) >= 11 is 1.59. The van der Waals surface area contributed by atoms with Crippen molar-refractivity contribution in [2.24, 2.45) is 0 Å². The number of benzene rings is 3. The number of carbonyl (C=O) groups is 1. The van der Waals surface area contributed by atoms with Crippen molar-refractivity contribution in [1.82, 2.24) is 4.98 Å². The maximum Gasteiger partial charge on any atom is 0.262 e. The fourth-order valence-electron chi connectivity index (χ4n) is 2.89. The molecule has 1 amide bonds. The van der Waals surface area contributed by atoms with Crippen LogP contribution in [0.15, 0.2) is 72.1 Å². The van der Waals surface area contributed by atoms with Gasteiger partial charge in [-0.05, 0) is 35.9 Å². The second-order valence-corrected chi connectivity index (χ2v) is 7.21. The van der Waals surface area contributed by atoms with Gasteiger partial charge >= 0.3 is 0 Å². The smallest absolute Gasteiger partial charge is 0.262 e. The Bertz CT molecular complexity index is 1100. The molecular formula is C22H18N2O2S. The SMILES string of the molecule is Cc1nc(-c2ccccc2NC(=O)COc2ccc3ccccc3c2)cs1. The number of aromatic nitrogens is 1. The molecule has 0 unspecified atom stereocenters. The van der Waals surface area contributed by atoms with Crippen LogP contribution in [0.25, 0.3) is 22.0 Å². The zero-order valence-electron chi connectivity index (χ0n) is 14.8. The molecule has 0 saturated heterocycles. The van der Waals surface area contributed by atoms with Crippen molar-refractivity contribution in [1.29, 1.82) is 0 Å². The Morgan fingerprint density at radius 1 is 1.04 bits per heavy atom. The predicted molar refractivity (Wildman–Crippen MR) is 110 cm³/mol. The summed E-state index contributed by atoms with van der Waals surface area (Å²) in [5.41, 5.74) is 2.50. The fourth-order valence-corrected chi connectivity index (χ4v) is 3.51. The van der Waals surface area contributed by atoms with Crippen molar-refractivity contribution in [3.8, 4) is 17.0 Å². The average molecular weight is 374 g/mol. The van der Waals surface area contributed by atoms with Gasteiger partial charge in [0.2, 0.25) is 0 Å². The van der Waals surface area contributed by atoms with E-state index in [1.165, 1.54) is 0 Å². The summed E-state index contributed by atoms with van der Waals surface area (Å²) in [4.78, 5) is 16.9. The van der Waals surface area contributed by atoms with E-state index in [1.807, 2.05) is 79.0 Å². The third-order valence-electron chi connectivity index (χ3n) is 4.19. The van der Waals surface area contributed by atoms with Gasteiger partial charge in [-0.25, -0.2) is 4.98 Å². The van der Waals surface area contributed by atoms with Gasteiger partial charge in [0.25, 0.3) is 5.91 Å². The van der Waals surface area contributed by atoms with Gasteiger partial charge in [-0.15, -0.1) is 11.3 Å². The number of rotatable bonds is 5. The first kappa shape index (κ1) is 17.2. The van der Waals surface area contributed by atoms with Crippen LogP contribution in [0.4, 0.5) is 5.69 Å². The molecule has 0 atom stereocenters. The van der Waals surface area contributed by atoms with E-state index in [9.17, 15) is 4.79 Å². The molecule has 0 spiro atoms. The standard InChI is InChI=1S/C22H18N2O2S/c1-15-23-21(14-27-15)19-8-4-5-9-20(19)24-22(25)13-26-18-11-10-16-6-2-3-7-17(16)12-18/h2-12,14H,13H2,1H3,(H,24,25). The number of nitrogens with zero attached hydrogens (tertiary/aromatic N) is 1. The molecule has 0 fully saturated rings. The van der Waals surface area contributed by atoms with E-state index in [1.54, 1.807) is 11.3 Å². The molecule has 5 heteroatoms. The maximum atomic E-state index is 12.4. The van der Waals surface area contributed by atoms with Gasteiger partial charge in [0, 0.05) is 10.9 Å². The van der Waals surface area contributed by atoms with Gasteiger partial charge in [0.05, 0.1) is 16.4 Å². The van der Waals surface area contributed by atoms with Gasteiger partial charge in [-0.1, -0.05) is 48.5 Å². The van der Waals surface area contributed by atoms with Crippen LogP contribution in [0, 0.1) is 6.92 Å². The highest BCUT2D eigenvalue weighted by Gasteiger charge is 2.11. The predicted octanol–water partition coefficient (Wildman–Crippen LogP) is 5.29. The number of aryl methyl sites for hydroxylation is 1. The molecule has 1 heterocycles. The van der Waals surface area contributed by atoms with Gasteiger partial charge < -0.3 is 10.1 Å². The van der Waals surface area contributed by atoms with Gasteiger partial charge in [0.1, 0.15) is 5.75 Å². The Kier molecular flexibility index (Phi) is 4.85. The van der Waals surface area contributed by atoms with Crippen molar-refractivity contribution in [3.05, 3.63) is 77.1 Å². The Morgan fingerprint density at radius 3 is 2.63 bits per heavy atom. The number of fused-ring (bicyclic) bond motifs is 1. The molecular weight excluding hydrogens is 356 g/mol. The van der Waals surface area contributed by atoms with Crippen LogP contribution < -0.4 is 10.1 Å². The van der Waals surface area contributed by atoms with Crippen molar-refractivity contribution in [2.75, 3.05) is 11.9 Å². The van der Waals surface area contributed by atoms with Crippen molar-refractivity contribution < 1.29 is 9.53 Å². The lowest BCUT2D eigenvalue weighted by Gasteiger charge is -2.11. The van der Waals surface area contributed by atoms with E-state index in [0.717, 1.165) is 32.7 Å². The third kappa shape index (κ3) is 3.99. The van der Waals surface area contributed by atoms with Gasteiger partial charge in [0.15, 0.2) is 6.61 Å². The van der Waals surface area contributed by atoms with E-state index >= 15 is 0 Å². The largest absolute Gasteiger partial charge is 0.484 e. The number of carbonyl (C=O) groups excluding carboxylic acids is 1.